The van der Waals surface area contributed by atoms with Gasteiger partial charge in [-0.1, -0.05) is 12.1 Å². The first-order chi connectivity index (χ1) is 14.3. The number of rotatable bonds is 4. The van der Waals surface area contributed by atoms with Gasteiger partial charge in [-0.25, -0.2) is 4.98 Å². The second-order valence-electron chi connectivity index (χ2n) is 7.13. The summed E-state index contributed by atoms with van der Waals surface area (Å²) in [7, 11) is 0. The number of amides is 1. The molecular formula is C20H21F3N4O2S. The number of para-hydroxylation sites is 1. The molecule has 2 aromatic heterocycles. The lowest BCUT2D eigenvalue weighted by molar-refractivity contribution is -0.136. The predicted molar refractivity (Wildman–Crippen MR) is 109 cm³/mol. The second kappa shape index (κ2) is 8.37. The molecule has 160 valence electrons. The number of fused-ring (bicyclic) bond motifs is 1. The van der Waals surface area contributed by atoms with E-state index in [9.17, 15) is 18.0 Å². The molecule has 30 heavy (non-hydrogen) atoms. The number of benzene rings is 1. The highest BCUT2D eigenvalue weighted by Crippen LogP contribution is 2.35. The summed E-state index contributed by atoms with van der Waals surface area (Å²) in [4.78, 5) is 22.6. The fourth-order valence-corrected chi connectivity index (χ4v) is 4.49. The number of hydrogen-bond acceptors (Lipinski definition) is 5. The number of nitrogens with zero attached hydrogens (tertiary/aromatic N) is 2. The van der Waals surface area contributed by atoms with Crippen molar-refractivity contribution < 1.29 is 22.7 Å². The Bertz CT molecular complexity index is 1050. The zero-order chi connectivity index (χ0) is 21.3. The van der Waals surface area contributed by atoms with E-state index in [4.69, 9.17) is 4.74 Å². The van der Waals surface area contributed by atoms with Gasteiger partial charge in [-0.05, 0) is 25.5 Å². The van der Waals surface area contributed by atoms with Crippen LogP contribution >= 0.6 is 11.3 Å². The molecule has 0 saturated carbocycles. The van der Waals surface area contributed by atoms with E-state index in [0.717, 1.165) is 40.8 Å². The van der Waals surface area contributed by atoms with Gasteiger partial charge >= 0.3 is 6.18 Å². The van der Waals surface area contributed by atoms with Crippen molar-refractivity contribution in [1.82, 2.24) is 14.9 Å². The lowest BCUT2D eigenvalue weighted by atomic mass is 10.1. The minimum absolute atomic E-state index is 0.242. The summed E-state index contributed by atoms with van der Waals surface area (Å²) in [6.45, 7) is 5.22. The lowest BCUT2D eigenvalue weighted by Gasteiger charge is -2.19. The van der Waals surface area contributed by atoms with Crippen molar-refractivity contribution in [3.63, 3.8) is 0 Å². The van der Waals surface area contributed by atoms with Crippen molar-refractivity contribution in [3.8, 4) is 0 Å². The minimum Gasteiger partial charge on any atom is -0.380 e. The Labute approximate surface area is 175 Å². The molecule has 0 bridgehead atoms. The summed E-state index contributed by atoms with van der Waals surface area (Å²) in [5, 5.41) is 3.29. The van der Waals surface area contributed by atoms with Crippen LogP contribution in [0.3, 0.4) is 0 Å². The zero-order valence-electron chi connectivity index (χ0n) is 16.3. The van der Waals surface area contributed by atoms with Gasteiger partial charge in [-0.2, -0.15) is 13.2 Å². The van der Waals surface area contributed by atoms with Crippen LogP contribution in [0.25, 0.3) is 10.3 Å². The second-order valence-corrected chi connectivity index (χ2v) is 8.33. The lowest BCUT2D eigenvalue weighted by Crippen LogP contribution is -2.27. The monoisotopic (exact) mass is 438 g/mol. The van der Waals surface area contributed by atoms with Crippen LogP contribution in [0.2, 0.25) is 0 Å². The Kier molecular flexibility index (Phi) is 5.81. The molecule has 0 radical (unpaired) electrons. The maximum Gasteiger partial charge on any atom is 0.418 e. The molecule has 1 aliphatic rings. The maximum absolute atomic E-state index is 13.3. The topological polar surface area (TPSA) is 70.2 Å². The van der Waals surface area contributed by atoms with E-state index in [0.29, 0.717) is 25.4 Å². The van der Waals surface area contributed by atoms with Gasteiger partial charge < -0.3 is 15.0 Å². The SMILES string of the molecule is Cc1nc2[nH]c(C(=O)Nc3ccccc3C(F)(F)F)c(CN3CCCOCC3)c2s1. The van der Waals surface area contributed by atoms with Crippen molar-refractivity contribution in [1.29, 1.82) is 0 Å². The first kappa shape index (κ1) is 20.8. The summed E-state index contributed by atoms with van der Waals surface area (Å²) < 4.78 is 46.3. The van der Waals surface area contributed by atoms with E-state index in [1.54, 1.807) is 0 Å². The number of anilines is 1. The summed E-state index contributed by atoms with van der Waals surface area (Å²) in [6, 6.07) is 4.95. The van der Waals surface area contributed by atoms with Gasteiger partial charge in [-0.3, -0.25) is 9.69 Å². The summed E-state index contributed by atoms with van der Waals surface area (Å²) in [5.41, 5.74) is 0.413. The molecule has 3 heterocycles. The first-order valence-electron chi connectivity index (χ1n) is 9.58. The summed E-state index contributed by atoms with van der Waals surface area (Å²) in [6.07, 6.45) is -3.68. The third-order valence-electron chi connectivity index (χ3n) is 4.96. The number of halogens is 3. The largest absolute Gasteiger partial charge is 0.418 e. The predicted octanol–water partition coefficient (Wildman–Crippen LogP) is 4.43. The van der Waals surface area contributed by atoms with Gasteiger partial charge in [0.15, 0.2) is 0 Å². The van der Waals surface area contributed by atoms with Crippen molar-refractivity contribution in [2.24, 2.45) is 0 Å². The number of nitrogens with one attached hydrogen (secondary N) is 2. The van der Waals surface area contributed by atoms with Gasteiger partial charge in [0.25, 0.3) is 5.91 Å². The molecule has 0 aliphatic carbocycles. The van der Waals surface area contributed by atoms with Crippen molar-refractivity contribution >= 4 is 33.3 Å². The van der Waals surface area contributed by atoms with E-state index < -0.39 is 17.6 Å². The molecule has 1 aliphatic heterocycles. The Morgan fingerprint density at radius 1 is 1.30 bits per heavy atom. The van der Waals surface area contributed by atoms with Gasteiger partial charge in [0.2, 0.25) is 0 Å². The Morgan fingerprint density at radius 2 is 2.10 bits per heavy atom. The number of hydrogen-bond donors (Lipinski definition) is 2. The van der Waals surface area contributed by atoms with E-state index in [1.807, 2.05) is 6.92 Å². The number of carbonyl (C=O) groups excluding carboxylic acids is 1. The Hall–Kier alpha value is -2.43. The van der Waals surface area contributed by atoms with Crippen LogP contribution in [0.4, 0.5) is 18.9 Å². The number of ether oxygens (including phenoxy) is 1. The molecule has 0 unspecified atom stereocenters. The smallest absolute Gasteiger partial charge is 0.380 e. The Morgan fingerprint density at radius 3 is 2.90 bits per heavy atom. The van der Waals surface area contributed by atoms with Crippen molar-refractivity contribution in [2.45, 2.75) is 26.1 Å². The highest BCUT2D eigenvalue weighted by atomic mass is 32.1. The Balaban J connectivity index is 1.67. The maximum atomic E-state index is 13.3. The molecule has 2 N–H and O–H groups in total. The van der Waals surface area contributed by atoms with E-state index >= 15 is 0 Å². The minimum atomic E-state index is -4.56. The fourth-order valence-electron chi connectivity index (χ4n) is 3.57. The molecule has 4 rings (SSSR count). The fraction of sp³-hybridized carbons (Fsp3) is 0.400. The number of thiazole rings is 1. The molecule has 1 saturated heterocycles. The summed E-state index contributed by atoms with van der Waals surface area (Å²) in [5.74, 6) is -0.615. The number of aryl methyl sites for hydroxylation is 1. The van der Waals surface area contributed by atoms with Crippen LogP contribution in [0.15, 0.2) is 24.3 Å². The molecule has 1 amide bonds. The third kappa shape index (κ3) is 4.35. The molecule has 3 aromatic rings. The molecule has 0 spiro atoms. The molecule has 10 heteroatoms. The van der Waals surface area contributed by atoms with Crippen LogP contribution in [0, 0.1) is 6.92 Å². The number of aromatic amines is 1. The average molecular weight is 438 g/mol. The first-order valence-corrected chi connectivity index (χ1v) is 10.4. The van der Waals surface area contributed by atoms with Crippen LogP contribution in [-0.2, 0) is 17.5 Å². The molecule has 0 atom stereocenters. The molecule has 1 fully saturated rings. The number of carbonyl (C=O) groups is 1. The number of H-pyrrole nitrogens is 1. The van der Waals surface area contributed by atoms with Crippen LogP contribution in [0.1, 0.15) is 33.0 Å². The van der Waals surface area contributed by atoms with Crippen LogP contribution < -0.4 is 5.32 Å². The molecular weight excluding hydrogens is 417 g/mol. The normalized spacial score (nSPS) is 16.0. The quantitative estimate of drug-likeness (QED) is 0.633. The van der Waals surface area contributed by atoms with Gasteiger partial charge in [0, 0.05) is 31.8 Å². The van der Waals surface area contributed by atoms with E-state index in [-0.39, 0.29) is 11.4 Å². The highest BCUT2D eigenvalue weighted by molar-refractivity contribution is 7.18. The zero-order valence-corrected chi connectivity index (χ0v) is 17.1. The van der Waals surface area contributed by atoms with Crippen LogP contribution in [0.5, 0.6) is 0 Å². The highest BCUT2D eigenvalue weighted by Gasteiger charge is 2.34. The van der Waals surface area contributed by atoms with E-state index in [1.165, 1.54) is 29.5 Å². The van der Waals surface area contributed by atoms with Gasteiger partial charge in [0.05, 0.1) is 27.6 Å². The third-order valence-corrected chi connectivity index (χ3v) is 5.99. The van der Waals surface area contributed by atoms with Gasteiger partial charge in [0.1, 0.15) is 11.3 Å². The molecule has 1 aromatic carbocycles. The van der Waals surface area contributed by atoms with Crippen molar-refractivity contribution in [2.75, 3.05) is 31.6 Å². The van der Waals surface area contributed by atoms with Crippen LogP contribution in [-0.4, -0.2) is 47.1 Å². The van der Waals surface area contributed by atoms with Gasteiger partial charge in [-0.15, -0.1) is 11.3 Å². The van der Waals surface area contributed by atoms with E-state index in [2.05, 4.69) is 20.2 Å². The van der Waals surface area contributed by atoms with Crippen molar-refractivity contribution in [3.05, 3.63) is 46.1 Å². The average Bonchev–Trinajstić information content (AvgIpc) is 3.07. The standard InChI is InChI=1S/C20H21F3N4O2S/c1-12-24-18-17(30-12)13(11-27-7-4-9-29-10-8-27)16(26-18)19(28)25-15-6-3-2-5-14(15)20(21,22)23/h2-3,5-6,26H,4,7-11H2,1H3,(H,25,28). The number of aromatic nitrogens is 2. The number of alkyl halides is 3. The molecule has 6 nitrogen and oxygen atoms in total. The summed E-state index contributed by atoms with van der Waals surface area (Å²) >= 11 is 1.46.